The van der Waals surface area contributed by atoms with Gasteiger partial charge in [-0.05, 0) is 13.0 Å². The van der Waals surface area contributed by atoms with Crippen LogP contribution in [-0.4, -0.2) is 12.5 Å². The van der Waals surface area contributed by atoms with Gasteiger partial charge in [-0.3, -0.25) is 4.79 Å². The second-order valence-corrected chi connectivity index (χ2v) is 3.00. The highest BCUT2D eigenvalue weighted by atomic mass is 19.1. The van der Waals surface area contributed by atoms with Gasteiger partial charge in [-0.25, -0.2) is 4.39 Å². The molecule has 0 N–H and O–H groups in total. The Morgan fingerprint density at radius 3 is 2.85 bits per heavy atom. The third-order valence-corrected chi connectivity index (χ3v) is 2.30. The van der Waals surface area contributed by atoms with E-state index in [9.17, 15) is 9.18 Å². The summed E-state index contributed by atoms with van der Waals surface area (Å²) >= 11 is 0. The molecule has 13 heavy (non-hydrogen) atoms. The highest BCUT2D eigenvalue weighted by molar-refractivity contribution is 6.03. The van der Waals surface area contributed by atoms with Gasteiger partial charge in [0, 0.05) is 12.1 Å². The van der Waals surface area contributed by atoms with E-state index in [-0.39, 0.29) is 0 Å². The molecule has 1 aromatic rings. The molecule has 1 amide bonds. The van der Waals surface area contributed by atoms with Gasteiger partial charge in [0.2, 0.25) is 6.17 Å². The Balaban J connectivity index is 2.53. The van der Waals surface area contributed by atoms with Crippen LogP contribution in [0, 0.1) is 0 Å². The predicted molar refractivity (Wildman–Crippen MR) is 48.3 cm³/mol. The molecule has 1 aromatic carbocycles. The lowest BCUT2D eigenvalue weighted by Gasteiger charge is -2.13. The number of amides is 1. The number of fused-ring (bicyclic) bond motifs is 1. The summed E-state index contributed by atoms with van der Waals surface area (Å²) in [4.78, 5) is 12.8. The van der Waals surface area contributed by atoms with Crippen LogP contribution in [0.4, 0.5) is 10.1 Å². The number of likely N-dealkylation sites (N-methyl/N-ethyl adjacent to an activating group) is 1. The van der Waals surface area contributed by atoms with E-state index in [4.69, 9.17) is 0 Å². The number of para-hydroxylation sites is 1. The van der Waals surface area contributed by atoms with Crippen molar-refractivity contribution < 1.29 is 9.18 Å². The topological polar surface area (TPSA) is 20.3 Å². The fourth-order valence-electron chi connectivity index (χ4n) is 1.66. The highest BCUT2D eigenvalue weighted by Crippen LogP contribution is 2.37. The third-order valence-electron chi connectivity index (χ3n) is 2.30. The molecule has 1 atom stereocenters. The number of anilines is 1. The summed E-state index contributed by atoms with van der Waals surface area (Å²) < 4.78 is 13.4. The summed E-state index contributed by atoms with van der Waals surface area (Å²) in [6, 6.07) is 6.99. The molecule has 0 saturated carbocycles. The van der Waals surface area contributed by atoms with Crippen molar-refractivity contribution in [1.82, 2.24) is 0 Å². The van der Waals surface area contributed by atoms with Crippen LogP contribution in [0.2, 0.25) is 0 Å². The van der Waals surface area contributed by atoms with Crippen molar-refractivity contribution >= 4 is 11.6 Å². The molecule has 2 nitrogen and oxygen atoms in total. The molecule has 0 spiro atoms. The van der Waals surface area contributed by atoms with Crippen molar-refractivity contribution in [2.24, 2.45) is 0 Å². The van der Waals surface area contributed by atoms with Gasteiger partial charge >= 0.3 is 0 Å². The number of nitrogens with zero attached hydrogens (tertiary/aromatic N) is 1. The monoisotopic (exact) mass is 179 g/mol. The molecule has 0 radical (unpaired) electrons. The van der Waals surface area contributed by atoms with Crippen molar-refractivity contribution in [2.45, 2.75) is 13.1 Å². The first-order valence-electron chi connectivity index (χ1n) is 4.30. The Kier molecular flexibility index (Phi) is 1.79. The number of benzene rings is 1. The van der Waals surface area contributed by atoms with Gasteiger partial charge in [-0.2, -0.15) is 0 Å². The Morgan fingerprint density at radius 2 is 2.15 bits per heavy atom. The molecule has 1 aliphatic rings. The zero-order chi connectivity index (χ0) is 9.42. The SMILES string of the molecule is CCN1C(=O)C(F)c2ccccc21. The van der Waals surface area contributed by atoms with E-state index in [0.717, 1.165) is 0 Å². The summed E-state index contributed by atoms with van der Waals surface area (Å²) in [5.41, 5.74) is 1.21. The average molecular weight is 179 g/mol. The number of hydrogen-bond acceptors (Lipinski definition) is 1. The first kappa shape index (κ1) is 8.23. The van der Waals surface area contributed by atoms with E-state index >= 15 is 0 Å². The zero-order valence-electron chi connectivity index (χ0n) is 7.33. The number of alkyl halides is 1. The Morgan fingerprint density at radius 1 is 1.46 bits per heavy atom. The zero-order valence-corrected chi connectivity index (χ0v) is 7.33. The minimum absolute atomic E-state index is 0.441. The number of rotatable bonds is 1. The Bertz CT molecular complexity index is 351. The van der Waals surface area contributed by atoms with Gasteiger partial charge in [0.25, 0.3) is 5.91 Å². The normalized spacial score (nSPS) is 20.6. The van der Waals surface area contributed by atoms with E-state index in [0.29, 0.717) is 17.8 Å². The third kappa shape index (κ3) is 1.03. The average Bonchev–Trinajstić information content (AvgIpc) is 2.41. The summed E-state index contributed by atoms with van der Waals surface area (Å²) in [5, 5.41) is 0. The van der Waals surface area contributed by atoms with Gasteiger partial charge in [0.15, 0.2) is 0 Å². The van der Waals surface area contributed by atoms with Crippen molar-refractivity contribution in [3.63, 3.8) is 0 Å². The standard InChI is InChI=1S/C10H10FNO/c1-2-12-8-6-4-3-5-7(8)9(11)10(12)13/h3-6,9H,2H2,1H3. The lowest BCUT2D eigenvalue weighted by atomic mass is 10.1. The van der Waals surface area contributed by atoms with Crippen LogP contribution in [-0.2, 0) is 4.79 Å². The number of halogens is 1. The Hall–Kier alpha value is -1.38. The first-order valence-corrected chi connectivity index (χ1v) is 4.30. The van der Waals surface area contributed by atoms with Crippen LogP contribution in [0.3, 0.4) is 0 Å². The molecule has 3 heteroatoms. The number of carbonyl (C=O) groups is 1. The maximum atomic E-state index is 13.4. The fourth-order valence-corrected chi connectivity index (χ4v) is 1.66. The van der Waals surface area contributed by atoms with E-state index in [2.05, 4.69) is 0 Å². The molecule has 1 aliphatic heterocycles. The second-order valence-electron chi connectivity index (χ2n) is 3.00. The van der Waals surface area contributed by atoms with E-state index < -0.39 is 12.1 Å². The van der Waals surface area contributed by atoms with Gasteiger partial charge < -0.3 is 4.90 Å². The minimum Gasteiger partial charge on any atom is -0.309 e. The first-order chi connectivity index (χ1) is 6.25. The van der Waals surface area contributed by atoms with Crippen LogP contribution >= 0.6 is 0 Å². The Labute approximate surface area is 76.0 Å². The van der Waals surface area contributed by atoms with Crippen molar-refractivity contribution in [3.8, 4) is 0 Å². The van der Waals surface area contributed by atoms with Crippen LogP contribution in [0.25, 0.3) is 0 Å². The number of carbonyl (C=O) groups excluding carboxylic acids is 1. The minimum atomic E-state index is -1.46. The van der Waals surface area contributed by atoms with E-state index in [1.807, 2.05) is 13.0 Å². The van der Waals surface area contributed by atoms with Crippen LogP contribution < -0.4 is 4.90 Å². The molecule has 0 aromatic heterocycles. The quantitative estimate of drug-likeness (QED) is 0.646. The van der Waals surface area contributed by atoms with E-state index in [1.165, 1.54) is 4.90 Å². The van der Waals surface area contributed by atoms with Gasteiger partial charge in [-0.1, -0.05) is 18.2 Å². The molecule has 2 rings (SSSR count). The maximum Gasteiger partial charge on any atom is 0.266 e. The molecule has 68 valence electrons. The van der Waals surface area contributed by atoms with Crippen molar-refractivity contribution in [1.29, 1.82) is 0 Å². The lowest BCUT2D eigenvalue weighted by molar-refractivity contribution is -0.122. The van der Waals surface area contributed by atoms with E-state index in [1.54, 1.807) is 18.2 Å². The summed E-state index contributed by atoms with van der Waals surface area (Å²) in [7, 11) is 0. The predicted octanol–water partition coefficient (Wildman–Crippen LogP) is 2.06. The van der Waals surface area contributed by atoms with Crippen molar-refractivity contribution in [3.05, 3.63) is 29.8 Å². The molecule has 0 aliphatic carbocycles. The largest absolute Gasteiger partial charge is 0.309 e. The number of hydrogen-bond donors (Lipinski definition) is 0. The second kappa shape index (κ2) is 2.83. The summed E-state index contributed by atoms with van der Waals surface area (Å²) in [5.74, 6) is -0.441. The van der Waals surface area contributed by atoms with Gasteiger partial charge in [0.1, 0.15) is 0 Å². The molecular weight excluding hydrogens is 169 g/mol. The van der Waals surface area contributed by atoms with Crippen LogP contribution in [0.5, 0.6) is 0 Å². The van der Waals surface area contributed by atoms with Crippen LogP contribution in [0.15, 0.2) is 24.3 Å². The smallest absolute Gasteiger partial charge is 0.266 e. The molecule has 1 heterocycles. The lowest BCUT2D eigenvalue weighted by Crippen LogP contribution is -2.27. The van der Waals surface area contributed by atoms with Crippen LogP contribution in [0.1, 0.15) is 18.7 Å². The molecule has 0 bridgehead atoms. The molecular formula is C10H10FNO. The summed E-state index contributed by atoms with van der Waals surface area (Å²) in [6.45, 7) is 2.36. The van der Waals surface area contributed by atoms with Gasteiger partial charge in [-0.15, -0.1) is 0 Å². The highest BCUT2D eigenvalue weighted by Gasteiger charge is 2.35. The van der Waals surface area contributed by atoms with Gasteiger partial charge in [0.05, 0.1) is 5.69 Å². The molecule has 1 unspecified atom stereocenters. The molecule has 0 fully saturated rings. The molecule has 0 saturated heterocycles. The van der Waals surface area contributed by atoms with Crippen molar-refractivity contribution in [2.75, 3.05) is 11.4 Å². The maximum absolute atomic E-state index is 13.4. The fraction of sp³-hybridized carbons (Fsp3) is 0.300. The summed E-state index contributed by atoms with van der Waals surface area (Å²) in [6.07, 6.45) is -1.46.